The molecule has 2 aromatic rings. The Bertz CT molecular complexity index is 522. The second-order valence-corrected chi connectivity index (χ2v) is 3.37. The van der Waals surface area contributed by atoms with Crippen LogP contribution in [0.2, 0.25) is 5.15 Å². The van der Waals surface area contributed by atoms with Gasteiger partial charge in [-0.3, -0.25) is 0 Å². The highest BCUT2D eigenvalue weighted by molar-refractivity contribution is 6.34. The van der Waals surface area contributed by atoms with Crippen molar-refractivity contribution in [1.29, 1.82) is 0 Å². The van der Waals surface area contributed by atoms with E-state index in [1.807, 2.05) is 17.7 Å². The Hall–Kier alpha value is -1.53. The van der Waals surface area contributed by atoms with Gasteiger partial charge in [-0.15, -0.1) is 6.42 Å². The molecule has 0 aliphatic heterocycles. The number of rotatable bonds is 1. The molecule has 70 valence electrons. The number of fused-ring (bicyclic) bond motifs is 1. The quantitative estimate of drug-likeness (QED) is 0.527. The van der Waals surface area contributed by atoms with Gasteiger partial charge < -0.3 is 4.57 Å². The summed E-state index contributed by atoms with van der Waals surface area (Å²) in [5.74, 6) is 2.57. The molecule has 2 heterocycles. The highest BCUT2D eigenvalue weighted by Crippen LogP contribution is 2.24. The molecule has 0 unspecified atom stereocenters. The van der Waals surface area contributed by atoms with Crippen LogP contribution in [-0.4, -0.2) is 14.5 Å². The van der Waals surface area contributed by atoms with Crippen LogP contribution in [0.1, 0.15) is 5.56 Å². The van der Waals surface area contributed by atoms with Gasteiger partial charge in [0.25, 0.3) is 0 Å². The molecular formula is C10H8ClN3. The minimum atomic E-state index is 0.475. The lowest BCUT2D eigenvalue weighted by molar-refractivity contribution is 0.866. The Morgan fingerprint density at radius 1 is 1.57 bits per heavy atom. The molecule has 0 fully saturated rings. The first kappa shape index (κ1) is 9.04. The van der Waals surface area contributed by atoms with Crippen LogP contribution in [0, 0.1) is 19.3 Å². The maximum Gasteiger partial charge on any atom is 0.145 e. The molecule has 0 atom stereocenters. The van der Waals surface area contributed by atoms with E-state index in [2.05, 4.69) is 15.9 Å². The van der Waals surface area contributed by atoms with Gasteiger partial charge in [-0.2, -0.15) is 0 Å². The average molecular weight is 206 g/mol. The van der Waals surface area contributed by atoms with Crippen LogP contribution in [0.5, 0.6) is 0 Å². The zero-order chi connectivity index (χ0) is 10.1. The van der Waals surface area contributed by atoms with E-state index in [-0.39, 0.29) is 0 Å². The van der Waals surface area contributed by atoms with Crippen LogP contribution in [-0.2, 0) is 6.54 Å². The Balaban J connectivity index is 2.79. The highest BCUT2D eigenvalue weighted by Gasteiger charge is 2.09. The van der Waals surface area contributed by atoms with Gasteiger partial charge in [-0.25, -0.2) is 9.97 Å². The minimum Gasteiger partial charge on any atom is -0.320 e. The summed E-state index contributed by atoms with van der Waals surface area (Å²) in [6.07, 6.45) is 8.63. The Kier molecular flexibility index (Phi) is 2.14. The van der Waals surface area contributed by atoms with Crippen molar-refractivity contribution in [2.24, 2.45) is 0 Å². The van der Waals surface area contributed by atoms with Crippen LogP contribution in [0.25, 0.3) is 11.0 Å². The van der Waals surface area contributed by atoms with E-state index in [4.69, 9.17) is 18.0 Å². The number of aromatic nitrogens is 3. The van der Waals surface area contributed by atoms with Crippen molar-refractivity contribution < 1.29 is 0 Å². The molecule has 0 N–H and O–H groups in total. The third-order valence-electron chi connectivity index (χ3n) is 2.06. The molecule has 0 aromatic carbocycles. The lowest BCUT2D eigenvalue weighted by Gasteiger charge is -1.97. The van der Waals surface area contributed by atoms with Gasteiger partial charge in [0.15, 0.2) is 0 Å². The van der Waals surface area contributed by atoms with E-state index in [9.17, 15) is 0 Å². The minimum absolute atomic E-state index is 0.475. The smallest absolute Gasteiger partial charge is 0.145 e. The van der Waals surface area contributed by atoms with Crippen molar-refractivity contribution in [3.8, 4) is 12.3 Å². The number of nitrogens with zero attached hydrogens (tertiary/aromatic N) is 3. The van der Waals surface area contributed by atoms with Crippen LogP contribution < -0.4 is 0 Å². The van der Waals surface area contributed by atoms with Crippen LogP contribution in [0.4, 0.5) is 0 Å². The molecule has 4 heteroatoms. The fraction of sp³-hybridized carbons (Fsp3) is 0.200. The monoisotopic (exact) mass is 205 g/mol. The van der Waals surface area contributed by atoms with Crippen molar-refractivity contribution in [3.05, 3.63) is 23.2 Å². The van der Waals surface area contributed by atoms with E-state index in [1.165, 1.54) is 6.33 Å². The maximum absolute atomic E-state index is 5.96. The first-order chi connectivity index (χ1) is 6.74. The number of halogens is 1. The van der Waals surface area contributed by atoms with Crippen molar-refractivity contribution in [3.63, 3.8) is 0 Å². The molecule has 2 aromatic heterocycles. The number of hydrogen-bond acceptors (Lipinski definition) is 2. The standard InChI is InChI=1S/C10H8ClN3/c1-3-4-14-5-7(2)8-9(11)12-6-13-10(8)14/h1,5-6H,4H2,2H3. The molecule has 0 amide bonds. The summed E-state index contributed by atoms with van der Waals surface area (Å²) in [5, 5.41) is 1.35. The summed E-state index contributed by atoms with van der Waals surface area (Å²) >= 11 is 5.96. The molecule has 0 saturated carbocycles. The fourth-order valence-electron chi connectivity index (χ4n) is 1.49. The molecule has 0 bridgehead atoms. The van der Waals surface area contributed by atoms with E-state index in [0.717, 1.165) is 16.6 Å². The van der Waals surface area contributed by atoms with Gasteiger partial charge in [-0.1, -0.05) is 17.5 Å². The van der Waals surface area contributed by atoms with Crippen molar-refractivity contribution >= 4 is 22.6 Å². The molecule has 0 spiro atoms. The van der Waals surface area contributed by atoms with Crippen LogP contribution >= 0.6 is 11.6 Å². The second-order valence-electron chi connectivity index (χ2n) is 3.01. The summed E-state index contributed by atoms with van der Waals surface area (Å²) in [4.78, 5) is 8.08. The third-order valence-corrected chi connectivity index (χ3v) is 2.35. The molecule has 2 rings (SSSR count). The summed E-state index contributed by atoms with van der Waals surface area (Å²) < 4.78 is 1.89. The van der Waals surface area contributed by atoms with Gasteiger partial charge in [0, 0.05) is 6.20 Å². The zero-order valence-corrected chi connectivity index (χ0v) is 8.41. The van der Waals surface area contributed by atoms with E-state index >= 15 is 0 Å². The Morgan fingerprint density at radius 2 is 2.36 bits per heavy atom. The number of terminal acetylenes is 1. The molecule has 14 heavy (non-hydrogen) atoms. The first-order valence-corrected chi connectivity index (χ1v) is 4.51. The molecule has 0 aliphatic carbocycles. The summed E-state index contributed by atoms with van der Waals surface area (Å²) in [6, 6.07) is 0. The van der Waals surface area contributed by atoms with E-state index in [1.54, 1.807) is 0 Å². The van der Waals surface area contributed by atoms with Crippen molar-refractivity contribution in [1.82, 2.24) is 14.5 Å². The van der Waals surface area contributed by atoms with Gasteiger partial charge >= 0.3 is 0 Å². The van der Waals surface area contributed by atoms with Crippen LogP contribution in [0.3, 0.4) is 0 Å². The normalized spacial score (nSPS) is 10.4. The largest absolute Gasteiger partial charge is 0.320 e. The zero-order valence-electron chi connectivity index (χ0n) is 7.66. The van der Waals surface area contributed by atoms with Gasteiger partial charge in [0.1, 0.15) is 17.1 Å². The fourth-order valence-corrected chi connectivity index (χ4v) is 1.77. The SMILES string of the molecule is C#CCn1cc(C)c2c(Cl)ncnc21. The molecule has 0 saturated heterocycles. The second kappa shape index (κ2) is 3.32. The topological polar surface area (TPSA) is 30.7 Å². The lowest BCUT2D eigenvalue weighted by atomic mass is 10.3. The van der Waals surface area contributed by atoms with Gasteiger partial charge in [0.05, 0.1) is 11.9 Å². The van der Waals surface area contributed by atoms with Gasteiger partial charge in [0.2, 0.25) is 0 Å². The number of aryl methyl sites for hydroxylation is 1. The maximum atomic E-state index is 5.96. The molecule has 0 aliphatic rings. The summed E-state index contributed by atoms with van der Waals surface area (Å²) in [5.41, 5.74) is 1.83. The first-order valence-electron chi connectivity index (χ1n) is 4.13. The van der Waals surface area contributed by atoms with E-state index < -0.39 is 0 Å². The Labute approximate surface area is 86.7 Å². The van der Waals surface area contributed by atoms with Crippen molar-refractivity contribution in [2.75, 3.05) is 0 Å². The molecule has 3 nitrogen and oxygen atoms in total. The summed E-state index contributed by atoms with van der Waals surface area (Å²) in [7, 11) is 0. The lowest BCUT2D eigenvalue weighted by Crippen LogP contribution is -1.94. The summed E-state index contributed by atoms with van der Waals surface area (Å²) in [6.45, 7) is 2.46. The average Bonchev–Trinajstić information content (AvgIpc) is 2.46. The van der Waals surface area contributed by atoms with Crippen LogP contribution in [0.15, 0.2) is 12.5 Å². The van der Waals surface area contributed by atoms with Gasteiger partial charge in [-0.05, 0) is 12.5 Å². The van der Waals surface area contributed by atoms with Crippen molar-refractivity contribution in [2.45, 2.75) is 13.5 Å². The Morgan fingerprint density at radius 3 is 3.07 bits per heavy atom. The molecular weight excluding hydrogens is 198 g/mol. The van der Waals surface area contributed by atoms with E-state index in [0.29, 0.717) is 11.7 Å². The predicted molar refractivity (Wildman–Crippen MR) is 56.1 cm³/mol. The highest BCUT2D eigenvalue weighted by atomic mass is 35.5. The number of hydrogen-bond donors (Lipinski definition) is 0. The molecule has 0 radical (unpaired) electrons. The predicted octanol–water partition coefficient (Wildman–Crippen LogP) is 2.03. The third kappa shape index (κ3) is 1.24.